The first kappa shape index (κ1) is 27.3. The highest BCUT2D eigenvalue weighted by Gasteiger charge is 2.21. The molecule has 1 aromatic heterocycles. The molecule has 0 radical (unpaired) electrons. The van der Waals surface area contributed by atoms with Gasteiger partial charge in [0.2, 0.25) is 0 Å². The lowest BCUT2D eigenvalue weighted by Crippen LogP contribution is -2.29. The SMILES string of the molecule is CCc1cc(Oc2cc(C)cc(C(C)NC(=O)c3c(C)c4cc(Cl)ccc4n3C)c2)ccc1CCC(=O)O. The smallest absolute Gasteiger partial charge is 0.303 e. The molecule has 1 atom stereocenters. The van der Waals surface area contributed by atoms with E-state index in [4.69, 9.17) is 21.4 Å². The second kappa shape index (κ2) is 11.3. The number of aryl methyl sites for hydroxylation is 5. The largest absolute Gasteiger partial charge is 0.481 e. The zero-order chi connectivity index (χ0) is 27.6. The molecule has 0 aliphatic carbocycles. The molecule has 4 aromatic rings. The average molecular weight is 533 g/mol. The molecule has 3 aromatic carbocycles. The van der Waals surface area contributed by atoms with E-state index in [0.29, 0.717) is 28.6 Å². The van der Waals surface area contributed by atoms with E-state index in [1.807, 2.05) is 93.9 Å². The molecule has 0 spiro atoms. The van der Waals surface area contributed by atoms with Gasteiger partial charge in [-0.1, -0.05) is 30.7 Å². The maximum atomic E-state index is 13.4. The van der Waals surface area contributed by atoms with E-state index < -0.39 is 5.97 Å². The van der Waals surface area contributed by atoms with Gasteiger partial charge in [0.15, 0.2) is 0 Å². The van der Waals surface area contributed by atoms with Gasteiger partial charge in [0.05, 0.1) is 6.04 Å². The minimum Gasteiger partial charge on any atom is -0.481 e. The lowest BCUT2D eigenvalue weighted by molar-refractivity contribution is -0.136. The summed E-state index contributed by atoms with van der Waals surface area (Å²) in [5.74, 6) is 0.412. The third kappa shape index (κ3) is 5.86. The molecule has 4 rings (SSSR count). The van der Waals surface area contributed by atoms with Crippen molar-refractivity contribution in [2.45, 2.75) is 53.0 Å². The van der Waals surface area contributed by atoms with Crippen LogP contribution in [0.2, 0.25) is 5.02 Å². The first-order chi connectivity index (χ1) is 18.1. The summed E-state index contributed by atoms with van der Waals surface area (Å²) in [4.78, 5) is 24.3. The Morgan fingerprint density at radius 2 is 1.79 bits per heavy atom. The Morgan fingerprint density at radius 3 is 2.50 bits per heavy atom. The van der Waals surface area contributed by atoms with Crippen LogP contribution in [0, 0.1) is 13.8 Å². The van der Waals surface area contributed by atoms with Crippen LogP contribution in [0.1, 0.15) is 64.6 Å². The zero-order valence-electron chi connectivity index (χ0n) is 22.4. The third-order valence-electron chi connectivity index (χ3n) is 6.95. The van der Waals surface area contributed by atoms with Gasteiger partial charge in [-0.2, -0.15) is 0 Å². The highest BCUT2D eigenvalue weighted by molar-refractivity contribution is 6.31. The van der Waals surface area contributed by atoms with Crippen LogP contribution in [0.5, 0.6) is 11.5 Å². The molecule has 0 saturated carbocycles. The standard InChI is InChI=1S/C31H33ClN2O4/c1-6-21-15-25(10-7-22(21)8-12-29(35)36)38-26-14-18(2)13-23(16-26)20(4)33-31(37)30-19(3)27-17-24(32)9-11-28(27)34(30)5/h7,9-11,13-17,20H,6,8,12H2,1-5H3,(H,33,37)(H,35,36). The number of rotatable bonds is 9. The monoisotopic (exact) mass is 532 g/mol. The van der Waals surface area contributed by atoms with Crippen LogP contribution >= 0.6 is 11.6 Å². The summed E-state index contributed by atoms with van der Waals surface area (Å²) < 4.78 is 8.11. The summed E-state index contributed by atoms with van der Waals surface area (Å²) in [5, 5.41) is 13.8. The molecule has 6 nitrogen and oxygen atoms in total. The number of aromatic nitrogens is 1. The van der Waals surface area contributed by atoms with Crippen molar-refractivity contribution in [3.05, 3.63) is 93.1 Å². The molecule has 0 fully saturated rings. The highest BCUT2D eigenvalue weighted by Crippen LogP contribution is 2.30. The van der Waals surface area contributed by atoms with E-state index in [9.17, 15) is 9.59 Å². The number of aliphatic carboxylic acids is 1. The molecule has 198 valence electrons. The number of carbonyl (C=O) groups is 2. The van der Waals surface area contributed by atoms with Crippen molar-refractivity contribution in [3.63, 3.8) is 0 Å². The average Bonchev–Trinajstić information content (AvgIpc) is 3.11. The van der Waals surface area contributed by atoms with Crippen LogP contribution in [-0.2, 0) is 24.7 Å². The summed E-state index contributed by atoms with van der Waals surface area (Å²) in [6.45, 7) is 7.94. The second-order valence-corrected chi connectivity index (χ2v) is 10.2. The normalized spacial score (nSPS) is 11.9. The van der Waals surface area contributed by atoms with Crippen molar-refractivity contribution < 1.29 is 19.4 Å². The molecular weight excluding hydrogens is 500 g/mol. The fourth-order valence-electron chi connectivity index (χ4n) is 4.97. The van der Waals surface area contributed by atoms with Gasteiger partial charge in [-0.3, -0.25) is 9.59 Å². The Balaban J connectivity index is 1.54. The van der Waals surface area contributed by atoms with Crippen LogP contribution in [0.25, 0.3) is 10.9 Å². The van der Waals surface area contributed by atoms with Crippen LogP contribution in [-0.4, -0.2) is 21.6 Å². The molecule has 7 heteroatoms. The zero-order valence-corrected chi connectivity index (χ0v) is 23.1. The van der Waals surface area contributed by atoms with Crippen LogP contribution in [0.3, 0.4) is 0 Å². The first-order valence-corrected chi connectivity index (χ1v) is 13.1. The van der Waals surface area contributed by atoms with Gasteiger partial charge in [-0.05, 0) is 104 Å². The van der Waals surface area contributed by atoms with Gasteiger partial charge in [-0.15, -0.1) is 0 Å². The summed E-state index contributed by atoms with van der Waals surface area (Å²) in [6, 6.07) is 17.1. The number of ether oxygens (including phenoxy) is 1. The molecule has 2 N–H and O–H groups in total. The number of carboxylic acid groups (broad SMARTS) is 1. The van der Waals surface area contributed by atoms with Crippen LogP contribution in [0.4, 0.5) is 0 Å². The fourth-order valence-corrected chi connectivity index (χ4v) is 5.15. The fraction of sp³-hybridized carbons (Fsp3) is 0.290. The first-order valence-electron chi connectivity index (χ1n) is 12.8. The predicted octanol–water partition coefficient (Wildman–Crippen LogP) is 7.31. The molecule has 0 bridgehead atoms. The Morgan fingerprint density at radius 1 is 1.03 bits per heavy atom. The molecule has 0 aliphatic heterocycles. The number of amides is 1. The molecule has 1 heterocycles. The Hall–Kier alpha value is -3.77. The number of carbonyl (C=O) groups excluding carboxylic acids is 1. The van der Waals surface area contributed by atoms with E-state index in [1.54, 1.807) is 0 Å². The molecule has 38 heavy (non-hydrogen) atoms. The van der Waals surface area contributed by atoms with E-state index >= 15 is 0 Å². The maximum absolute atomic E-state index is 13.4. The summed E-state index contributed by atoms with van der Waals surface area (Å²) in [5.41, 5.74) is 6.49. The Bertz CT molecular complexity index is 1520. The maximum Gasteiger partial charge on any atom is 0.303 e. The van der Waals surface area contributed by atoms with Crippen LogP contribution < -0.4 is 10.1 Å². The van der Waals surface area contributed by atoms with Gasteiger partial charge in [0.25, 0.3) is 5.91 Å². The second-order valence-electron chi connectivity index (χ2n) is 9.75. The molecule has 1 amide bonds. The lowest BCUT2D eigenvalue weighted by atomic mass is 10.0. The number of halogens is 1. The molecule has 1 unspecified atom stereocenters. The Labute approximate surface area is 228 Å². The van der Waals surface area contributed by atoms with Gasteiger partial charge < -0.3 is 19.7 Å². The van der Waals surface area contributed by atoms with Gasteiger partial charge in [0.1, 0.15) is 17.2 Å². The number of fused-ring (bicyclic) bond motifs is 1. The van der Waals surface area contributed by atoms with Gasteiger partial charge in [-0.25, -0.2) is 0 Å². The number of nitrogens with one attached hydrogen (secondary N) is 1. The topological polar surface area (TPSA) is 80.6 Å². The lowest BCUT2D eigenvalue weighted by Gasteiger charge is -2.18. The molecule has 0 aliphatic rings. The number of hydrogen-bond acceptors (Lipinski definition) is 3. The van der Waals surface area contributed by atoms with Crippen molar-refractivity contribution in [1.82, 2.24) is 9.88 Å². The minimum absolute atomic E-state index is 0.101. The minimum atomic E-state index is -0.805. The highest BCUT2D eigenvalue weighted by atomic mass is 35.5. The van der Waals surface area contributed by atoms with E-state index in [2.05, 4.69) is 5.32 Å². The molecule has 0 saturated heterocycles. The van der Waals surface area contributed by atoms with E-state index in [0.717, 1.165) is 45.1 Å². The third-order valence-corrected chi connectivity index (χ3v) is 7.19. The van der Waals surface area contributed by atoms with Gasteiger partial charge in [0, 0.05) is 29.4 Å². The summed E-state index contributed by atoms with van der Waals surface area (Å²) >= 11 is 6.19. The number of benzene rings is 3. The predicted molar refractivity (Wildman–Crippen MR) is 152 cm³/mol. The van der Waals surface area contributed by atoms with Crippen LogP contribution in [0.15, 0.2) is 54.6 Å². The van der Waals surface area contributed by atoms with Crippen molar-refractivity contribution >= 4 is 34.4 Å². The van der Waals surface area contributed by atoms with Crippen molar-refractivity contribution in [2.75, 3.05) is 0 Å². The molecular formula is C31H33ClN2O4. The van der Waals surface area contributed by atoms with E-state index in [1.165, 1.54) is 0 Å². The summed E-state index contributed by atoms with van der Waals surface area (Å²) in [6.07, 6.45) is 1.38. The van der Waals surface area contributed by atoms with E-state index in [-0.39, 0.29) is 18.4 Å². The van der Waals surface area contributed by atoms with Crippen molar-refractivity contribution in [2.24, 2.45) is 7.05 Å². The van der Waals surface area contributed by atoms with Crippen molar-refractivity contribution in [1.29, 1.82) is 0 Å². The summed E-state index contributed by atoms with van der Waals surface area (Å²) in [7, 11) is 1.89. The van der Waals surface area contributed by atoms with Gasteiger partial charge >= 0.3 is 5.97 Å². The number of carboxylic acids is 1. The quantitative estimate of drug-likeness (QED) is 0.237. The number of nitrogens with zero attached hydrogens (tertiary/aromatic N) is 1. The number of hydrogen-bond donors (Lipinski definition) is 2. The Kier molecular flexibility index (Phi) is 8.12. The van der Waals surface area contributed by atoms with Crippen molar-refractivity contribution in [3.8, 4) is 11.5 Å².